The molecule has 1 aromatic carbocycles. The number of rotatable bonds is 1. The van der Waals surface area contributed by atoms with Crippen molar-refractivity contribution in [3.8, 4) is 11.3 Å². The van der Waals surface area contributed by atoms with Crippen LogP contribution in [-0.2, 0) is 7.05 Å². The molecule has 0 unspecified atom stereocenters. The summed E-state index contributed by atoms with van der Waals surface area (Å²) in [5.74, 6) is -0.552. The van der Waals surface area contributed by atoms with Crippen LogP contribution in [0.5, 0.6) is 0 Å². The Morgan fingerprint density at radius 2 is 2.27 bits per heavy atom. The van der Waals surface area contributed by atoms with Crippen LogP contribution >= 0.6 is 11.6 Å². The average Bonchev–Trinajstić information content (AvgIpc) is 3.11. The fourth-order valence-electron chi connectivity index (χ4n) is 2.59. The van der Waals surface area contributed by atoms with Gasteiger partial charge >= 0.3 is 0 Å². The number of halogens is 2. The van der Waals surface area contributed by atoms with E-state index in [2.05, 4.69) is 20.3 Å². The molecule has 0 saturated carbocycles. The SMILES string of the molecule is [2H]C([2H])([2H])c1nnn(C)c1-c1cnc2c(c1)[nH]c1c(F)c(Cl)ccc12. The van der Waals surface area contributed by atoms with E-state index in [0.717, 1.165) is 0 Å². The van der Waals surface area contributed by atoms with Crippen LogP contribution in [-0.4, -0.2) is 25.0 Å². The van der Waals surface area contributed by atoms with Gasteiger partial charge in [0.15, 0.2) is 5.82 Å². The molecule has 22 heavy (non-hydrogen) atoms. The molecule has 0 aliphatic rings. The highest BCUT2D eigenvalue weighted by atomic mass is 35.5. The number of nitrogens with one attached hydrogen (secondary N) is 1. The summed E-state index contributed by atoms with van der Waals surface area (Å²) in [5, 5.41) is 8.16. The summed E-state index contributed by atoms with van der Waals surface area (Å²) in [4.78, 5) is 7.32. The Labute approximate surface area is 133 Å². The lowest BCUT2D eigenvalue weighted by molar-refractivity contribution is 0.638. The minimum atomic E-state index is -2.40. The van der Waals surface area contributed by atoms with E-state index in [0.29, 0.717) is 27.7 Å². The third kappa shape index (κ3) is 1.74. The normalized spacial score (nSPS) is 14.2. The predicted octanol–water partition coefficient (Wildman–Crippen LogP) is 3.61. The minimum absolute atomic E-state index is 0.0137. The molecule has 4 aromatic rings. The Balaban J connectivity index is 1.99. The van der Waals surface area contributed by atoms with E-state index in [1.165, 1.54) is 16.9 Å². The highest BCUT2D eigenvalue weighted by Crippen LogP contribution is 2.31. The highest BCUT2D eigenvalue weighted by molar-refractivity contribution is 6.31. The summed E-state index contributed by atoms with van der Waals surface area (Å²) in [6.07, 6.45) is 1.52. The van der Waals surface area contributed by atoms with Gasteiger partial charge in [0.1, 0.15) is 0 Å². The molecule has 0 amide bonds. The molecule has 0 bridgehead atoms. The second-order valence-electron chi connectivity index (χ2n) is 4.94. The van der Waals surface area contributed by atoms with E-state index in [1.54, 1.807) is 19.2 Å². The van der Waals surface area contributed by atoms with Crippen LogP contribution in [0.1, 0.15) is 9.81 Å². The van der Waals surface area contributed by atoms with Crippen molar-refractivity contribution in [3.05, 3.63) is 40.9 Å². The number of H-pyrrole nitrogens is 1. The van der Waals surface area contributed by atoms with Crippen molar-refractivity contribution in [2.75, 3.05) is 0 Å². The maximum atomic E-state index is 14.2. The van der Waals surface area contributed by atoms with E-state index in [4.69, 9.17) is 15.7 Å². The zero-order valence-electron chi connectivity index (χ0n) is 14.4. The summed E-state index contributed by atoms with van der Waals surface area (Å²) in [6, 6.07) is 4.86. The number of nitrogens with zero attached hydrogens (tertiary/aromatic N) is 4. The molecule has 0 aliphatic heterocycles. The molecular formula is C15H11ClFN5. The Bertz CT molecular complexity index is 1130. The molecule has 0 radical (unpaired) electrons. The summed E-state index contributed by atoms with van der Waals surface area (Å²) >= 11 is 5.82. The minimum Gasteiger partial charge on any atom is -0.351 e. The van der Waals surface area contributed by atoms with Gasteiger partial charge in [0.2, 0.25) is 0 Å². The molecule has 5 nitrogen and oxygen atoms in total. The molecule has 1 N–H and O–H groups in total. The monoisotopic (exact) mass is 318 g/mol. The number of hydrogen-bond acceptors (Lipinski definition) is 3. The largest absolute Gasteiger partial charge is 0.351 e. The van der Waals surface area contributed by atoms with Crippen molar-refractivity contribution in [3.63, 3.8) is 0 Å². The van der Waals surface area contributed by atoms with Gasteiger partial charge in [0.05, 0.1) is 33.0 Å². The summed E-state index contributed by atoms with van der Waals surface area (Å²) in [5.41, 5.74) is 2.13. The van der Waals surface area contributed by atoms with Crippen molar-refractivity contribution in [1.82, 2.24) is 25.0 Å². The highest BCUT2D eigenvalue weighted by Gasteiger charge is 2.15. The lowest BCUT2D eigenvalue weighted by Crippen LogP contribution is -1.95. The first-order valence-electron chi connectivity index (χ1n) is 7.93. The van der Waals surface area contributed by atoms with Crippen LogP contribution in [0.3, 0.4) is 0 Å². The first-order valence-corrected chi connectivity index (χ1v) is 6.81. The lowest BCUT2D eigenvalue weighted by atomic mass is 10.1. The molecular weight excluding hydrogens is 305 g/mol. The van der Waals surface area contributed by atoms with E-state index >= 15 is 0 Å². The van der Waals surface area contributed by atoms with Crippen molar-refractivity contribution in [1.29, 1.82) is 0 Å². The lowest BCUT2D eigenvalue weighted by Gasteiger charge is -2.02. The van der Waals surface area contributed by atoms with Crippen LogP contribution in [0.25, 0.3) is 33.2 Å². The van der Waals surface area contributed by atoms with Crippen LogP contribution in [0.15, 0.2) is 24.4 Å². The van der Waals surface area contributed by atoms with Gasteiger partial charge in [0.25, 0.3) is 0 Å². The van der Waals surface area contributed by atoms with Crippen molar-refractivity contribution in [2.45, 2.75) is 6.85 Å². The van der Waals surface area contributed by atoms with E-state index in [9.17, 15) is 4.39 Å². The van der Waals surface area contributed by atoms with E-state index in [1.807, 2.05) is 0 Å². The molecule has 3 heterocycles. The standard InChI is InChI=1S/C15H11ClFN5/c1-7-15(22(2)21-20-7)8-5-11-13(18-6-8)9-3-4-10(16)12(17)14(9)19-11/h3-6,19H,1-2H3/i1D3. The second-order valence-corrected chi connectivity index (χ2v) is 5.35. The predicted molar refractivity (Wildman–Crippen MR) is 83.3 cm³/mol. The number of pyridine rings is 1. The van der Waals surface area contributed by atoms with Gasteiger partial charge in [-0.05, 0) is 25.1 Å². The van der Waals surface area contributed by atoms with Crippen molar-refractivity contribution in [2.24, 2.45) is 7.05 Å². The molecule has 4 rings (SSSR count). The summed E-state index contributed by atoms with van der Waals surface area (Å²) < 4.78 is 38.4. The average molecular weight is 319 g/mol. The van der Waals surface area contributed by atoms with Gasteiger partial charge in [-0.2, -0.15) is 0 Å². The number of hydrogen-bond donors (Lipinski definition) is 1. The third-order valence-corrected chi connectivity index (χ3v) is 3.89. The fraction of sp³-hybridized carbons (Fsp3) is 0.133. The van der Waals surface area contributed by atoms with Crippen molar-refractivity contribution < 1.29 is 8.50 Å². The summed E-state index contributed by atoms with van der Waals surface area (Å²) in [6.45, 7) is -2.40. The van der Waals surface area contributed by atoms with Gasteiger partial charge < -0.3 is 4.98 Å². The maximum absolute atomic E-state index is 14.2. The second kappa shape index (κ2) is 4.51. The number of aryl methyl sites for hydroxylation is 2. The summed E-state index contributed by atoms with van der Waals surface area (Å²) in [7, 11) is 1.60. The molecule has 110 valence electrons. The van der Waals surface area contributed by atoms with Gasteiger partial charge in [0, 0.05) is 28.3 Å². The van der Waals surface area contributed by atoms with Crippen LogP contribution in [0.2, 0.25) is 5.02 Å². The molecule has 3 aromatic heterocycles. The van der Waals surface area contributed by atoms with Gasteiger partial charge in [-0.15, -0.1) is 5.10 Å². The van der Waals surface area contributed by atoms with Crippen LogP contribution in [0, 0.1) is 12.7 Å². The smallest absolute Gasteiger partial charge is 0.165 e. The topological polar surface area (TPSA) is 59.4 Å². The maximum Gasteiger partial charge on any atom is 0.165 e. The van der Waals surface area contributed by atoms with Crippen molar-refractivity contribution >= 4 is 33.5 Å². The number of aromatic nitrogens is 5. The van der Waals surface area contributed by atoms with E-state index in [-0.39, 0.29) is 16.2 Å². The Kier molecular flexibility index (Phi) is 2.11. The molecule has 0 aliphatic carbocycles. The molecule has 0 spiro atoms. The van der Waals surface area contributed by atoms with Gasteiger partial charge in [-0.3, -0.25) is 4.98 Å². The Hall–Kier alpha value is -2.47. The number of benzene rings is 1. The first-order chi connectivity index (χ1) is 11.8. The zero-order chi connectivity index (χ0) is 17.9. The van der Waals surface area contributed by atoms with Gasteiger partial charge in [-0.25, -0.2) is 9.07 Å². The van der Waals surface area contributed by atoms with Crippen LogP contribution in [0.4, 0.5) is 4.39 Å². The molecule has 0 saturated heterocycles. The zero-order valence-corrected chi connectivity index (χ0v) is 12.1. The number of fused-ring (bicyclic) bond motifs is 3. The Morgan fingerprint density at radius 3 is 3.09 bits per heavy atom. The molecule has 0 atom stereocenters. The fourth-order valence-corrected chi connectivity index (χ4v) is 2.75. The first kappa shape index (κ1) is 10.3. The third-order valence-electron chi connectivity index (χ3n) is 3.60. The number of aromatic amines is 1. The van der Waals surface area contributed by atoms with Crippen LogP contribution < -0.4 is 0 Å². The van der Waals surface area contributed by atoms with E-state index < -0.39 is 12.7 Å². The molecule has 7 heteroatoms. The van der Waals surface area contributed by atoms with Gasteiger partial charge in [-0.1, -0.05) is 16.8 Å². The quantitative estimate of drug-likeness (QED) is 0.583. The molecule has 0 fully saturated rings. The Morgan fingerprint density at radius 1 is 1.41 bits per heavy atom.